The Morgan fingerprint density at radius 1 is 0.500 bits per heavy atom. The topological polar surface area (TPSA) is 679 Å². The molecule has 3 aromatic heterocycles. The number of amides is 12. The molecule has 12 amide bonds. The molecule has 130 heavy (non-hydrogen) atoms. The molecule has 11 atom stereocenters. The first-order chi connectivity index (χ1) is 61.8. The lowest BCUT2D eigenvalue weighted by Crippen LogP contribution is -2.62. The first-order valence-electron chi connectivity index (χ1n) is 42.1. The molecule has 700 valence electrons. The number of carboxylic acid groups (broad SMARTS) is 2. The number of ether oxygens (including phenoxy) is 1. The number of carbonyl (C=O) groups is 14. The highest BCUT2D eigenvalue weighted by atomic mass is 16.6. The van der Waals surface area contributed by atoms with Gasteiger partial charge in [0.15, 0.2) is 0 Å². The Labute approximate surface area is 745 Å². The van der Waals surface area contributed by atoms with Crippen molar-refractivity contribution in [1.29, 1.82) is 0 Å². The number of carbonyl (C=O) groups excluding carboxylic acids is 12. The molecule has 7 aromatic rings. The molecule has 0 radical (unpaired) electrons. The number of hydrogen-bond acceptors (Lipinski definition) is 26. The molecule has 0 aliphatic rings. The van der Waals surface area contributed by atoms with E-state index in [0.29, 0.717) is 28.7 Å². The number of primary amides is 1. The third kappa shape index (κ3) is 32.9. The van der Waals surface area contributed by atoms with Crippen LogP contribution in [0.4, 0.5) is 17.1 Å². The number of carboxylic acids is 2. The lowest BCUT2D eigenvalue weighted by Gasteiger charge is -2.30. The Hall–Kier alpha value is -14.8. The maximum atomic E-state index is 15.0. The Morgan fingerprint density at radius 3 is 1.43 bits per heavy atom. The lowest BCUT2D eigenvalue weighted by atomic mass is 9.98. The van der Waals surface area contributed by atoms with Gasteiger partial charge in [0.2, 0.25) is 70.9 Å². The van der Waals surface area contributed by atoms with E-state index in [9.17, 15) is 107 Å². The minimum absolute atomic E-state index is 0.00452. The predicted molar refractivity (Wildman–Crippen MR) is 468 cm³/mol. The molecule has 0 saturated carbocycles. The van der Waals surface area contributed by atoms with Crippen molar-refractivity contribution in [3.05, 3.63) is 181 Å². The van der Waals surface area contributed by atoms with Gasteiger partial charge in [-0.1, -0.05) is 84.0 Å². The first-order valence-corrected chi connectivity index (χ1v) is 42.1. The predicted octanol–water partition coefficient (Wildman–Crippen LogP) is 1.60. The van der Waals surface area contributed by atoms with E-state index in [0.717, 1.165) is 18.2 Å². The van der Waals surface area contributed by atoms with Crippen LogP contribution < -0.4 is 85.6 Å². The average Bonchev–Trinajstić information content (AvgIpc) is 0.832. The summed E-state index contributed by atoms with van der Waals surface area (Å²) in [6.07, 6.45) is 1.61. The Kier molecular flexibility index (Phi) is 39.8. The monoisotopic (exact) mass is 1810 g/mol. The molecular weight excluding hydrogens is 1700 g/mol. The average molecular weight is 1810 g/mol. The van der Waals surface area contributed by atoms with E-state index >= 15 is 0 Å². The number of nitrogens with zero attached hydrogens (tertiary/aromatic N) is 4. The molecule has 0 aliphatic carbocycles. The van der Waals surface area contributed by atoms with Crippen molar-refractivity contribution in [3.8, 4) is 11.5 Å². The fraction of sp³-hybridized carbons (Fsp3) is 0.453. The van der Waals surface area contributed by atoms with Gasteiger partial charge in [-0.3, -0.25) is 87.4 Å². The van der Waals surface area contributed by atoms with Crippen molar-refractivity contribution in [2.24, 2.45) is 29.2 Å². The summed E-state index contributed by atoms with van der Waals surface area (Å²) in [6.45, 7) is 9.91. The summed E-state index contributed by atoms with van der Waals surface area (Å²) in [5.74, 6) is -16.2. The number of benzene rings is 4. The summed E-state index contributed by atoms with van der Waals surface area (Å²) in [7, 11) is 1.40. The molecule has 0 aliphatic heterocycles. The van der Waals surface area contributed by atoms with E-state index in [-0.39, 0.29) is 104 Å². The third-order valence-electron chi connectivity index (χ3n) is 20.8. The fourth-order valence-corrected chi connectivity index (χ4v) is 13.9. The number of aromatic hydroxyl groups is 1. The molecule has 3 heterocycles. The molecular formula is C86H112N20O24. The molecule has 0 spiro atoms. The van der Waals surface area contributed by atoms with Crippen LogP contribution in [0.25, 0.3) is 11.0 Å². The summed E-state index contributed by atoms with van der Waals surface area (Å²) in [6, 6.07) is 5.65. The van der Waals surface area contributed by atoms with Crippen LogP contribution in [0.3, 0.4) is 0 Å². The van der Waals surface area contributed by atoms with Crippen molar-refractivity contribution < 1.29 is 101 Å². The third-order valence-corrected chi connectivity index (χ3v) is 20.8. The summed E-state index contributed by atoms with van der Waals surface area (Å²) >= 11 is 0. The molecule has 0 saturated heterocycles. The minimum Gasteiger partial charge on any atom is -0.508 e. The molecule has 0 unspecified atom stereocenters. The highest BCUT2D eigenvalue weighted by molar-refractivity contribution is 6.00. The maximum absolute atomic E-state index is 15.0. The van der Waals surface area contributed by atoms with E-state index in [4.69, 9.17) is 20.6 Å². The van der Waals surface area contributed by atoms with Gasteiger partial charge < -0.3 is 110 Å². The second-order valence-electron chi connectivity index (χ2n) is 32.1. The number of imidazole rings is 2. The number of rotatable bonds is 55. The summed E-state index contributed by atoms with van der Waals surface area (Å²) in [5, 5.41) is 84.9. The number of nitro benzene ring substituents is 2. The molecule has 21 N–H and O–H groups in total. The van der Waals surface area contributed by atoms with Crippen LogP contribution in [0, 0.1) is 38.0 Å². The fourth-order valence-electron chi connectivity index (χ4n) is 13.9. The van der Waals surface area contributed by atoms with Crippen molar-refractivity contribution >= 4 is 111 Å². The van der Waals surface area contributed by atoms with Crippen LogP contribution in [0.2, 0.25) is 0 Å². The second-order valence-corrected chi connectivity index (χ2v) is 32.1. The van der Waals surface area contributed by atoms with Gasteiger partial charge in [-0.25, -0.2) is 14.8 Å². The number of aliphatic carboxylic acids is 2. The van der Waals surface area contributed by atoms with Crippen LogP contribution in [-0.2, 0) is 99.2 Å². The smallest absolute Gasteiger partial charge is 0.336 e. The number of nitrogens with two attached hydrogens (primary N) is 2. The van der Waals surface area contributed by atoms with E-state index in [1.807, 2.05) is 0 Å². The molecule has 0 bridgehead atoms. The molecule has 0 fully saturated rings. The number of aromatic amines is 2. The largest absolute Gasteiger partial charge is 0.508 e. The normalized spacial score (nSPS) is 13.7. The highest BCUT2D eigenvalue weighted by Crippen LogP contribution is 2.30. The van der Waals surface area contributed by atoms with Crippen LogP contribution in [0.5, 0.6) is 11.5 Å². The van der Waals surface area contributed by atoms with E-state index in [2.05, 4.69) is 83.7 Å². The van der Waals surface area contributed by atoms with Gasteiger partial charge in [0.05, 0.1) is 53.5 Å². The summed E-state index contributed by atoms with van der Waals surface area (Å²) < 4.78 is 10.6. The van der Waals surface area contributed by atoms with Gasteiger partial charge in [-0.2, -0.15) is 0 Å². The highest BCUT2D eigenvalue weighted by Gasteiger charge is 2.39. The van der Waals surface area contributed by atoms with E-state index in [1.54, 1.807) is 70.2 Å². The Morgan fingerprint density at radius 2 is 0.954 bits per heavy atom. The van der Waals surface area contributed by atoms with Gasteiger partial charge in [0.1, 0.15) is 89.2 Å². The zero-order chi connectivity index (χ0) is 95.4. The number of aromatic nitrogens is 4. The number of nitrogens with one attached hydrogen (secondary N) is 14. The van der Waals surface area contributed by atoms with Crippen molar-refractivity contribution in [2.75, 3.05) is 25.5 Å². The summed E-state index contributed by atoms with van der Waals surface area (Å²) in [5.41, 5.74) is 11.4. The number of non-ortho nitro benzene ring substituents is 1. The first kappa shape index (κ1) is 102. The molecule has 44 nitrogen and oxygen atoms in total. The number of H-pyrrole nitrogens is 2. The quantitative estimate of drug-likeness (QED) is 0.0111. The van der Waals surface area contributed by atoms with Crippen molar-refractivity contribution in [1.82, 2.24) is 78.4 Å². The lowest BCUT2D eigenvalue weighted by molar-refractivity contribution is -0.393. The summed E-state index contributed by atoms with van der Waals surface area (Å²) in [4.78, 5) is 246. The molecule has 7 rings (SSSR count). The number of unbranched alkanes of at least 4 members (excludes halogenated alkanes) is 2. The van der Waals surface area contributed by atoms with Gasteiger partial charge >= 0.3 is 17.6 Å². The van der Waals surface area contributed by atoms with E-state index < -0.39 is 233 Å². The maximum Gasteiger partial charge on any atom is 0.336 e. The molecule has 4 aromatic carbocycles. The Bertz CT molecular complexity index is 5150. The van der Waals surface area contributed by atoms with Crippen LogP contribution >= 0.6 is 0 Å². The zero-order valence-electron chi connectivity index (χ0n) is 72.7. The van der Waals surface area contributed by atoms with Crippen LogP contribution in [0.15, 0.2) is 131 Å². The number of hydrogen-bond donors (Lipinski definition) is 19. The van der Waals surface area contributed by atoms with Crippen LogP contribution in [0.1, 0.15) is 140 Å². The number of nitro groups is 2. The SMILES string of the molecule is COc1ccc2c(CC(=O)N[C@@H](Cc3ccc(O)cc3)C(=O)N[C@@H](CCC(=O)O)C(=O)N[C@H](C(=O)N[C@@H](Cc3c[nH]cn3)C(=O)N[C@@H](Cc3c[nH]cn3)C(=O)N[C@@H](CCC(=O)O)C(=O)N[C@@H](CCCCN)C(=O)N[C@@H](CC(C)C)C(=O)N[C@H](C(=O)N[C@@H](Cc3ccccc3)C(=O)N[C@@H](CCCCNc3ccc([N+](=O)[O-])cc3[N+](=O)[O-])C(N)=O)C(C)C)C(C)C)cc(=O)oc2c1. The Balaban J connectivity index is 1.07. The molecule has 44 heteroatoms. The van der Waals surface area contributed by atoms with E-state index in [1.165, 1.54) is 82.4 Å². The van der Waals surface area contributed by atoms with Gasteiger partial charge in [-0.05, 0) is 129 Å². The number of phenolic OH excluding ortho intramolecular Hbond substituents is 1. The standard InChI is InChI=1S/C86H112N20O24/c1-46(2)33-63(84(122)104-75(48(5)6)85(123)101-65(34-49-15-9-8-10-16-49)81(119)95-59(76(88)114)17-12-14-32-91-58-26-21-54(105(125)126)40-68(58)106(127)128)99-77(115)60(18-11-13-31-87)96-78(116)61(27-29-71(109)110)97-82(120)66(38-52-42-89-44-92-52)100-83(121)67(39-53-43-90-45-93-53)102-86(124)74(47(3)4)103-79(117)62(28-30-72(111)112)98-80(118)64(35-50-19-22-55(107)23-20-50)94-70(108)36-51-37-73(113)130-69-41-56(129-7)24-25-57(51)69/h8-10,15-16,19-26,37,40-48,59-67,74-75,91,107H,11-14,17-18,27-36,38-39,87H2,1-7H3,(H2,88,114)(H,89,92)(H,90,93)(H,94,108)(H,95,119)(H,96,116)(H,97,120)(H,98,118)(H,99,115)(H,100,121)(H,101,123)(H,102,124)(H,103,117)(H,104,122)(H,109,110)(H,111,112)/t59-,60-,61-,62-,63-,64-,65-,66-,67-,74-,75-/m0/s1. The number of methoxy groups -OCH3 is 1. The van der Waals surface area contributed by atoms with Gasteiger partial charge in [0, 0.05) is 81.0 Å². The zero-order valence-corrected chi connectivity index (χ0v) is 72.7. The number of fused-ring (bicyclic) bond motifs is 1. The number of anilines is 1. The van der Waals surface area contributed by atoms with Gasteiger partial charge in [-0.15, -0.1) is 0 Å². The van der Waals surface area contributed by atoms with Crippen molar-refractivity contribution in [2.45, 2.75) is 211 Å². The van der Waals surface area contributed by atoms with Crippen LogP contribution in [-0.4, -0.2) is 215 Å². The minimum atomic E-state index is -1.80. The number of phenols is 1. The van der Waals surface area contributed by atoms with Gasteiger partial charge in [0.25, 0.3) is 11.4 Å². The van der Waals surface area contributed by atoms with Crippen molar-refractivity contribution in [3.63, 3.8) is 0 Å². The second kappa shape index (κ2) is 50.6.